The molecule has 1 unspecified atom stereocenters. The molecule has 6 heteroatoms. The second kappa shape index (κ2) is 51.5. The smallest absolute Gasteiger partial charge is 0.306 e. The zero-order chi connectivity index (χ0) is 45.8. The first kappa shape index (κ1) is 59.9. The largest absolute Gasteiger partial charge is 0.462 e. The molecule has 0 saturated heterocycles. The third-order valence-corrected chi connectivity index (χ3v) is 11.3. The summed E-state index contributed by atoms with van der Waals surface area (Å²) in [6.07, 6.45) is 64.6. The van der Waals surface area contributed by atoms with Crippen LogP contribution in [0.1, 0.15) is 252 Å². The fourth-order valence-corrected chi connectivity index (χ4v) is 7.27. The molecule has 0 heterocycles. The van der Waals surface area contributed by atoms with Crippen molar-refractivity contribution in [3.63, 3.8) is 0 Å². The second-order valence-electron chi connectivity index (χ2n) is 17.5. The predicted octanol–water partition coefficient (Wildman–Crippen LogP) is 17.4. The van der Waals surface area contributed by atoms with Gasteiger partial charge in [-0.15, -0.1) is 0 Å². The van der Waals surface area contributed by atoms with E-state index in [0.29, 0.717) is 19.3 Å². The summed E-state index contributed by atoms with van der Waals surface area (Å²) < 4.78 is 16.8. The molecule has 1 atom stereocenters. The van der Waals surface area contributed by atoms with Crippen LogP contribution in [0.25, 0.3) is 0 Å². The van der Waals surface area contributed by atoms with Gasteiger partial charge in [0, 0.05) is 19.3 Å². The Bertz CT molecular complexity index is 1190. The maximum Gasteiger partial charge on any atom is 0.306 e. The van der Waals surface area contributed by atoms with Crippen LogP contribution in [-0.4, -0.2) is 37.2 Å². The maximum absolute atomic E-state index is 12.8. The number of hydrogen-bond donors (Lipinski definition) is 0. The van der Waals surface area contributed by atoms with Gasteiger partial charge in [0.15, 0.2) is 6.10 Å². The van der Waals surface area contributed by atoms with E-state index >= 15 is 0 Å². The summed E-state index contributed by atoms with van der Waals surface area (Å²) in [6, 6.07) is 0. The fourth-order valence-electron chi connectivity index (χ4n) is 7.27. The van der Waals surface area contributed by atoms with E-state index in [0.717, 1.165) is 96.3 Å². The molecule has 0 N–H and O–H groups in total. The fraction of sp³-hybridized carbons (Fsp3) is 0.737. The molecule has 0 bridgehead atoms. The number of hydrogen-bond acceptors (Lipinski definition) is 6. The van der Waals surface area contributed by atoms with Crippen molar-refractivity contribution in [2.24, 2.45) is 0 Å². The molecule has 0 saturated carbocycles. The topological polar surface area (TPSA) is 78.9 Å². The van der Waals surface area contributed by atoms with Crippen LogP contribution in [0.15, 0.2) is 72.9 Å². The molecule has 0 aromatic rings. The maximum atomic E-state index is 12.8. The van der Waals surface area contributed by atoms with Crippen LogP contribution in [0.2, 0.25) is 0 Å². The third kappa shape index (κ3) is 49.7. The van der Waals surface area contributed by atoms with Crippen molar-refractivity contribution in [1.29, 1.82) is 0 Å². The first-order valence-electron chi connectivity index (χ1n) is 26.5. The number of esters is 3. The SMILES string of the molecule is CC\C=C/C=C\C=C/C=C\CCCCCCCC(=O)OC(COC(=O)CCCCCCC/C=C\CCCCC)COC(=O)CCCCCCC/C=C\CCCCCCCCCCC. The highest BCUT2D eigenvalue weighted by Crippen LogP contribution is 2.14. The minimum atomic E-state index is -0.794. The van der Waals surface area contributed by atoms with Gasteiger partial charge in [0.05, 0.1) is 0 Å². The van der Waals surface area contributed by atoms with E-state index in [-0.39, 0.29) is 31.1 Å². The molecule has 0 aromatic heterocycles. The Morgan fingerprint density at radius 3 is 1.05 bits per heavy atom. The number of rotatable bonds is 47. The van der Waals surface area contributed by atoms with Gasteiger partial charge < -0.3 is 14.2 Å². The number of ether oxygens (including phenoxy) is 3. The standard InChI is InChI=1S/C57H98O6/c1-4-7-10-13-16-19-22-25-27-28-29-31-32-35-38-41-44-47-50-56(59)62-53-54(52-61-55(58)49-46-43-40-37-34-24-21-18-15-12-9-6-3)63-57(60)51-48-45-42-39-36-33-30-26-23-20-17-14-11-8-5-2/h8,11,14,17-18,20-21,23,26,29-31,54H,4-7,9-10,12-13,15-16,19,22,24-25,27-28,32-53H2,1-3H3/b11-8-,17-14-,21-18-,23-20-,30-26-,31-29-. The van der Waals surface area contributed by atoms with E-state index in [9.17, 15) is 14.4 Å². The van der Waals surface area contributed by atoms with Crippen LogP contribution in [0, 0.1) is 0 Å². The van der Waals surface area contributed by atoms with Crippen LogP contribution in [0.3, 0.4) is 0 Å². The minimum Gasteiger partial charge on any atom is -0.462 e. The van der Waals surface area contributed by atoms with E-state index in [2.05, 4.69) is 75.5 Å². The Hall–Kier alpha value is -3.15. The van der Waals surface area contributed by atoms with Crippen molar-refractivity contribution in [3.05, 3.63) is 72.9 Å². The van der Waals surface area contributed by atoms with Crippen LogP contribution in [0.5, 0.6) is 0 Å². The lowest BCUT2D eigenvalue weighted by Gasteiger charge is -2.18. The molecular formula is C57H98O6. The van der Waals surface area contributed by atoms with Crippen LogP contribution in [0.4, 0.5) is 0 Å². The summed E-state index contributed by atoms with van der Waals surface area (Å²) >= 11 is 0. The van der Waals surface area contributed by atoms with Crippen LogP contribution >= 0.6 is 0 Å². The van der Waals surface area contributed by atoms with Crippen LogP contribution in [-0.2, 0) is 28.6 Å². The van der Waals surface area contributed by atoms with Gasteiger partial charge >= 0.3 is 17.9 Å². The molecule has 0 aromatic carbocycles. The zero-order valence-electron chi connectivity index (χ0n) is 41.3. The van der Waals surface area contributed by atoms with Gasteiger partial charge in [0.25, 0.3) is 0 Å². The Morgan fingerprint density at radius 2 is 0.635 bits per heavy atom. The van der Waals surface area contributed by atoms with E-state index in [1.807, 2.05) is 18.2 Å². The summed E-state index contributed by atoms with van der Waals surface area (Å²) in [7, 11) is 0. The van der Waals surface area contributed by atoms with Gasteiger partial charge in [-0.3, -0.25) is 14.4 Å². The molecule has 0 fully saturated rings. The van der Waals surface area contributed by atoms with Crippen molar-refractivity contribution in [1.82, 2.24) is 0 Å². The number of unbranched alkanes of at least 4 members (excludes halogenated alkanes) is 27. The molecular weight excluding hydrogens is 781 g/mol. The average molecular weight is 879 g/mol. The molecule has 0 aliphatic heterocycles. The second-order valence-corrected chi connectivity index (χ2v) is 17.5. The zero-order valence-corrected chi connectivity index (χ0v) is 41.3. The summed E-state index contributed by atoms with van der Waals surface area (Å²) in [4.78, 5) is 38.0. The lowest BCUT2D eigenvalue weighted by atomic mass is 10.1. The first-order chi connectivity index (χ1) is 31.0. The van der Waals surface area contributed by atoms with E-state index in [4.69, 9.17) is 14.2 Å². The van der Waals surface area contributed by atoms with Crippen molar-refractivity contribution in [3.8, 4) is 0 Å². The Kier molecular flexibility index (Phi) is 48.9. The molecule has 6 nitrogen and oxygen atoms in total. The summed E-state index contributed by atoms with van der Waals surface area (Å²) in [5.74, 6) is -0.930. The molecule has 362 valence electrons. The van der Waals surface area contributed by atoms with Gasteiger partial charge in [-0.2, -0.15) is 0 Å². The van der Waals surface area contributed by atoms with Crippen LogP contribution < -0.4 is 0 Å². The summed E-state index contributed by atoms with van der Waals surface area (Å²) in [6.45, 7) is 6.45. The lowest BCUT2D eigenvalue weighted by Crippen LogP contribution is -2.30. The average Bonchev–Trinajstić information content (AvgIpc) is 3.28. The highest BCUT2D eigenvalue weighted by molar-refractivity contribution is 5.71. The highest BCUT2D eigenvalue weighted by Gasteiger charge is 2.19. The van der Waals surface area contributed by atoms with Crippen molar-refractivity contribution >= 4 is 17.9 Å². The summed E-state index contributed by atoms with van der Waals surface area (Å²) in [5.41, 5.74) is 0. The number of carbonyl (C=O) groups is 3. The Balaban J connectivity index is 4.41. The number of carbonyl (C=O) groups excluding carboxylic acids is 3. The van der Waals surface area contributed by atoms with Gasteiger partial charge in [0.1, 0.15) is 13.2 Å². The molecule has 0 radical (unpaired) electrons. The van der Waals surface area contributed by atoms with Gasteiger partial charge in [-0.1, -0.05) is 216 Å². The number of allylic oxidation sites excluding steroid dienone is 12. The van der Waals surface area contributed by atoms with E-state index in [1.165, 1.54) is 116 Å². The van der Waals surface area contributed by atoms with Gasteiger partial charge in [0.2, 0.25) is 0 Å². The lowest BCUT2D eigenvalue weighted by molar-refractivity contribution is -0.167. The van der Waals surface area contributed by atoms with Crippen molar-refractivity contribution < 1.29 is 28.6 Å². The molecule has 0 rings (SSSR count). The quantitative estimate of drug-likeness (QED) is 0.0199. The normalized spacial score (nSPS) is 12.6. The first-order valence-corrected chi connectivity index (χ1v) is 26.5. The van der Waals surface area contributed by atoms with Crippen molar-refractivity contribution in [2.45, 2.75) is 258 Å². The molecule has 63 heavy (non-hydrogen) atoms. The summed E-state index contributed by atoms with van der Waals surface area (Å²) in [5, 5.41) is 0. The molecule has 0 spiro atoms. The Morgan fingerprint density at radius 1 is 0.333 bits per heavy atom. The third-order valence-electron chi connectivity index (χ3n) is 11.3. The van der Waals surface area contributed by atoms with E-state index < -0.39 is 6.10 Å². The molecule has 0 amide bonds. The minimum absolute atomic E-state index is 0.0921. The highest BCUT2D eigenvalue weighted by atomic mass is 16.6. The Labute approximate surface area is 389 Å². The molecule has 0 aliphatic carbocycles. The van der Waals surface area contributed by atoms with Gasteiger partial charge in [-0.05, 0) is 89.9 Å². The predicted molar refractivity (Wildman–Crippen MR) is 270 cm³/mol. The van der Waals surface area contributed by atoms with E-state index in [1.54, 1.807) is 0 Å². The van der Waals surface area contributed by atoms with Crippen molar-refractivity contribution in [2.75, 3.05) is 13.2 Å². The molecule has 0 aliphatic rings. The van der Waals surface area contributed by atoms with Gasteiger partial charge in [-0.25, -0.2) is 0 Å². The monoisotopic (exact) mass is 879 g/mol.